The van der Waals surface area contributed by atoms with Gasteiger partial charge in [-0.2, -0.15) is 0 Å². The van der Waals surface area contributed by atoms with Crippen molar-refractivity contribution in [3.63, 3.8) is 0 Å². The Bertz CT molecular complexity index is 470. The average molecular weight is 262 g/mol. The van der Waals surface area contributed by atoms with Crippen molar-refractivity contribution in [2.24, 2.45) is 0 Å². The van der Waals surface area contributed by atoms with Crippen LogP contribution in [0.1, 0.15) is 29.0 Å². The van der Waals surface area contributed by atoms with E-state index >= 15 is 0 Å². The van der Waals surface area contributed by atoms with Gasteiger partial charge in [0.05, 0.1) is 12.1 Å². The molecular weight excluding hydrogens is 244 g/mol. The summed E-state index contributed by atoms with van der Waals surface area (Å²) in [6.45, 7) is 3.68. The summed E-state index contributed by atoms with van der Waals surface area (Å²) < 4.78 is 5.14. The molecule has 0 amide bonds. The number of nitrogens with zero attached hydrogens (tertiary/aromatic N) is 1. The van der Waals surface area contributed by atoms with Crippen LogP contribution in [-0.2, 0) is 17.9 Å². The van der Waals surface area contributed by atoms with Gasteiger partial charge in [0, 0.05) is 30.8 Å². The average Bonchev–Trinajstić information content (AvgIpc) is 2.91. The first kappa shape index (κ1) is 13.2. The van der Waals surface area contributed by atoms with Gasteiger partial charge in [-0.1, -0.05) is 24.3 Å². The minimum absolute atomic E-state index is 0.337. The molecule has 4 heteroatoms. The summed E-state index contributed by atoms with van der Waals surface area (Å²) in [6, 6.07) is 8.80. The van der Waals surface area contributed by atoms with Crippen LogP contribution in [0.2, 0.25) is 0 Å². The van der Waals surface area contributed by atoms with Gasteiger partial charge in [0.2, 0.25) is 0 Å². The van der Waals surface area contributed by atoms with E-state index in [2.05, 4.69) is 41.5 Å². The number of rotatable bonds is 6. The Kier molecular flexibility index (Phi) is 4.87. The molecule has 96 valence electrons. The van der Waals surface area contributed by atoms with Gasteiger partial charge >= 0.3 is 0 Å². The van der Waals surface area contributed by atoms with E-state index in [4.69, 9.17) is 4.74 Å². The Hall–Kier alpha value is -1.23. The Balaban J connectivity index is 1.91. The fourth-order valence-corrected chi connectivity index (χ4v) is 2.46. The van der Waals surface area contributed by atoms with Crippen molar-refractivity contribution >= 4 is 11.3 Å². The SMILES string of the molecule is COCc1cccc(CNC(C)c2cncs2)c1. The lowest BCUT2D eigenvalue weighted by molar-refractivity contribution is 0.185. The first-order valence-electron chi connectivity index (χ1n) is 5.98. The van der Waals surface area contributed by atoms with Crippen LogP contribution in [0.4, 0.5) is 0 Å². The van der Waals surface area contributed by atoms with Crippen molar-refractivity contribution < 1.29 is 4.74 Å². The molecule has 0 bridgehead atoms. The third kappa shape index (κ3) is 3.63. The van der Waals surface area contributed by atoms with E-state index in [1.54, 1.807) is 18.4 Å². The van der Waals surface area contributed by atoms with Crippen molar-refractivity contribution in [1.29, 1.82) is 0 Å². The smallest absolute Gasteiger partial charge is 0.0794 e. The molecule has 0 saturated heterocycles. The second-order valence-corrected chi connectivity index (χ2v) is 5.18. The molecule has 1 N–H and O–H groups in total. The number of benzene rings is 1. The van der Waals surface area contributed by atoms with Crippen molar-refractivity contribution in [3.05, 3.63) is 52.0 Å². The third-order valence-corrected chi connectivity index (χ3v) is 3.75. The predicted molar refractivity (Wildman–Crippen MR) is 74.5 cm³/mol. The summed E-state index contributed by atoms with van der Waals surface area (Å²) in [4.78, 5) is 5.37. The normalized spacial score (nSPS) is 12.6. The molecule has 2 aromatic rings. The number of ether oxygens (including phenoxy) is 1. The fourth-order valence-electron chi connectivity index (χ4n) is 1.81. The maximum Gasteiger partial charge on any atom is 0.0794 e. The summed E-state index contributed by atoms with van der Waals surface area (Å²) in [5, 5.41) is 3.50. The summed E-state index contributed by atoms with van der Waals surface area (Å²) in [5.41, 5.74) is 4.36. The highest BCUT2D eigenvalue weighted by Crippen LogP contribution is 2.17. The Morgan fingerprint density at radius 3 is 2.94 bits per heavy atom. The summed E-state index contributed by atoms with van der Waals surface area (Å²) in [5.74, 6) is 0. The van der Waals surface area contributed by atoms with E-state index in [1.165, 1.54) is 16.0 Å². The second kappa shape index (κ2) is 6.64. The topological polar surface area (TPSA) is 34.1 Å². The molecule has 1 unspecified atom stereocenters. The molecule has 0 saturated carbocycles. The van der Waals surface area contributed by atoms with Gasteiger partial charge in [-0.05, 0) is 18.1 Å². The zero-order chi connectivity index (χ0) is 12.8. The second-order valence-electron chi connectivity index (χ2n) is 4.26. The Labute approximate surface area is 112 Å². The van der Waals surface area contributed by atoms with E-state index in [-0.39, 0.29) is 0 Å². The monoisotopic (exact) mass is 262 g/mol. The highest BCUT2D eigenvalue weighted by atomic mass is 32.1. The molecule has 2 rings (SSSR count). The maximum atomic E-state index is 5.14. The van der Waals surface area contributed by atoms with Crippen LogP contribution in [0.5, 0.6) is 0 Å². The Morgan fingerprint density at radius 1 is 1.39 bits per heavy atom. The van der Waals surface area contributed by atoms with E-state index in [0.29, 0.717) is 12.6 Å². The quantitative estimate of drug-likeness (QED) is 0.868. The van der Waals surface area contributed by atoms with Gasteiger partial charge < -0.3 is 10.1 Å². The van der Waals surface area contributed by atoms with Crippen LogP contribution < -0.4 is 5.32 Å². The molecule has 0 aliphatic rings. The zero-order valence-corrected chi connectivity index (χ0v) is 11.5. The molecule has 18 heavy (non-hydrogen) atoms. The number of nitrogens with one attached hydrogen (secondary N) is 1. The Morgan fingerprint density at radius 2 is 2.22 bits per heavy atom. The van der Waals surface area contributed by atoms with Crippen molar-refractivity contribution in [2.75, 3.05) is 7.11 Å². The maximum absolute atomic E-state index is 5.14. The zero-order valence-electron chi connectivity index (χ0n) is 10.7. The largest absolute Gasteiger partial charge is 0.380 e. The van der Waals surface area contributed by atoms with Crippen LogP contribution in [-0.4, -0.2) is 12.1 Å². The van der Waals surface area contributed by atoms with Crippen molar-refractivity contribution in [1.82, 2.24) is 10.3 Å². The molecule has 1 heterocycles. The molecule has 1 aromatic heterocycles. The van der Waals surface area contributed by atoms with Gasteiger partial charge in [0.15, 0.2) is 0 Å². The standard InChI is InChI=1S/C14H18N2OS/c1-11(14-8-15-10-18-14)16-7-12-4-3-5-13(6-12)9-17-2/h3-6,8,10-11,16H,7,9H2,1-2H3. The minimum atomic E-state index is 0.337. The van der Waals surface area contributed by atoms with Gasteiger partial charge in [0.1, 0.15) is 0 Å². The number of thiazole rings is 1. The summed E-state index contributed by atoms with van der Waals surface area (Å²) in [6.07, 6.45) is 1.92. The minimum Gasteiger partial charge on any atom is -0.380 e. The van der Waals surface area contributed by atoms with Gasteiger partial charge in [-0.15, -0.1) is 11.3 Å². The first-order chi connectivity index (χ1) is 8.79. The van der Waals surface area contributed by atoms with Gasteiger partial charge in [0.25, 0.3) is 0 Å². The molecule has 1 aromatic carbocycles. The number of methoxy groups -OCH3 is 1. The van der Waals surface area contributed by atoms with Crippen LogP contribution in [0.3, 0.4) is 0 Å². The molecule has 3 nitrogen and oxygen atoms in total. The van der Waals surface area contributed by atoms with Crippen LogP contribution in [0.25, 0.3) is 0 Å². The lowest BCUT2D eigenvalue weighted by atomic mass is 10.1. The molecular formula is C14H18N2OS. The van der Waals surface area contributed by atoms with Crippen LogP contribution >= 0.6 is 11.3 Å². The number of hydrogen-bond acceptors (Lipinski definition) is 4. The number of hydrogen-bond donors (Lipinski definition) is 1. The fraction of sp³-hybridized carbons (Fsp3) is 0.357. The molecule has 1 atom stereocenters. The molecule has 0 spiro atoms. The molecule has 0 aliphatic carbocycles. The molecule has 0 aliphatic heterocycles. The van der Waals surface area contributed by atoms with E-state index < -0.39 is 0 Å². The van der Waals surface area contributed by atoms with Gasteiger partial charge in [-0.25, -0.2) is 0 Å². The van der Waals surface area contributed by atoms with E-state index in [0.717, 1.165) is 6.54 Å². The van der Waals surface area contributed by atoms with E-state index in [1.807, 2.05) is 11.7 Å². The van der Waals surface area contributed by atoms with E-state index in [9.17, 15) is 0 Å². The molecule has 0 fully saturated rings. The summed E-state index contributed by atoms with van der Waals surface area (Å²) >= 11 is 1.68. The number of aromatic nitrogens is 1. The lowest BCUT2D eigenvalue weighted by Gasteiger charge is -2.12. The first-order valence-corrected chi connectivity index (χ1v) is 6.86. The van der Waals surface area contributed by atoms with Crippen molar-refractivity contribution in [2.45, 2.75) is 26.1 Å². The molecule has 0 radical (unpaired) electrons. The van der Waals surface area contributed by atoms with Crippen molar-refractivity contribution in [3.8, 4) is 0 Å². The summed E-state index contributed by atoms with van der Waals surface area (Å²) in [7, 11) is 1.72. The van der Waals surface area contributed by atoms with Crippen LogP contribution in [0.15, 0.2) is 36.0 Å². The highest BCUT2D eigenvalue weighted by Gasteiger charge is 2.06. The lowest BCUT2D eigenvalue weighted by Crippen LogP contribution is -2.17. The highest BCUT2D eigenvalue weighted by molar-refractivity contribution is 7.09. The van der Waals surface area contributed by atoms with Gasteiger partial charge in [-0.3, -0.25) is 4.98 Å². The van der Waals surface area contributed by atoms with Crippen LogP contribution in [0, 0.1) is 0 Å². The third-order valence-electron chi connectivity index (χ3n) is 2.79. The predicted octanol–water partition coefficient (Wildman–Crippen LogP) is 3.14.